The van der Waals surface area contributed by atoms with Gasteiger partial charge in [-0.1, -0.05) is 19.8 Å². The van der Waals surface area contributed by atoms with Gasteiger partial charge in [0.15, 0.2) is 0 Å². The number of amides is 5. The van der Waals surface area contributed by atoms with Crippen LogP contribution in [0.2, 0.25) is 0 Å². The molecule has 1 aromatic rings. The Morgan fingerprint density at radius 2 is 1.72 bits per heavy atom. The van der Waals surface area contributed by atoms with Crippen molar-refractivity contribution in [2.75, 3.05) is 19.0 Å². The zero-order valence-corrected chi connectivity index (χ0v) is 16.3. The molecule has 1 saturated heterocycles. The molecule has 1 N–H and O–H groups in total. The predicted octanol–water partition coefficient (Wildman–Crippen LogP) is 1.78. The third kappa shape index (κ3) is 4.13. The van der Waals surface area contributed by atoms with E-state index in [1.54, 1.807) is 0 Å². The molecule has 0 spiro atoms. The lowest BCUT2D eigenvalue weighted by molar-refractivity contribution is -0.145. The molecule has 0 aromatic heterocycles. The lowest BCUT2D eigenvalue weighted by Gasteiger charge is -2.34. The summed E-state index contributed by atoms with van der Waals surface area (Å²) in [6, 6.07) is 4.89. The molecule has 9 nitrogen and oxygen atoms in total. The summed E-state index contributed by atoms with van der Waals surface area (Å²) in [6.45, 7) is 1.40. The Kier molecular flexibility index (Phi) is 5.95. The van der Waals surface area contributed by atoms with Gasteiger partial charge in [0.25, 0.3) is 0 Å². The number of anilines is 1. The number of hydrogen-bond donors (Lipinski definition) is 1. The third-order valence-electron chi connectivity index (χ3n) is 5.37. The topological polar surface area (TPSA) is 113 Å². The molecule has 2 fully saturated rings. The molecule has 154 valence electrons. The number of nitrogens with zero attached hydrogens (tertiary/aromatic N) is 2. The van der Waals surface area contributed by atoms with E-state index in [-0.39, 0.29) is 12.0 Å². The van der Waals surface area contributed by atoms with Crippen LogP contribution in [0.3, 0.4) is 0 Å². The van der Waals surface area contributed by atoms with Crippen LogP contribution in [-0.2, 0) is 19.1 Å². The Morgan fingerprint density at radius 1 is 1.07 bits per heavy atom. The van der Waals surface area contributed by atoms with E-state index in [0.717, 1.165) is 24.2 Å². The fourth-order valence-corrected chi connectivity index (χ4v) is 3.79. The number of carbonyl (C=O) groups is 5. The molecular formula is C20H23N3O6. The highest BCUT2D eigenvalue weighted by Crippen LogP contribution is 2.31. The van der Waals surface area contributed by atoms with Crippen LogP contribution < -0.4 is 5.32 Å². The first-order chi connectivity index (χ1) is 13.8. The van der Waals surface area contributed by atoms with Crippen LogP contribution in [0.4, 0.5) is 10.5 Å². The smallest absolute Gasteiger partial charge is 0.337 e. The fraction of sp³-hybridized carbons (Fsp3) is 0.450. The normalized spacial score (nSPS) is 22.1. The highest BCUT2D eigenvalue weighted by Gasteiger charge is 2.49. The Morgan fingerprint density at radius 3 is 2.34 bits per heavy atom. The number of imide groups is 2. The molecule has 1 aliphatic carbocycles. The van der Waals surface area contributed by atoms with Crippen molar-refractivity contribution in [2.45, 2.75) is 38.6 Å². The minimum atomic E-state index is -0.982. The number of rotatable bonds is 5. The first-order valence-corrected chi connectivity index (χ1v) is 9.50. The Balaban J connectivity index is 1.65. The molecule has 0 bridgehead atoms. The maximum absolute atomic E-state index is 12.7. The van der Waals surface area contributed by atoms with Gasteiger partial charge in [-0.05, 0) is 43.0 Å². The van der Waals surface area contributed by atoms with Crippen LogP contribution >= 0.6 is 0 Å². The third-order valence-corrected chi connectivity index (χ3v) is 5.37. The summed E-state index contributed by atoms with van der Waals surface area (Å²) in [5, 5.41) is 2.55. The number of nitrogens with one attached hydrogen (secondary N) is 1. The first-order valence-electron chi connectivity index (χ1n) is 9.50. The molecule has 1 aromatic carbocycles. The standard InChI is InChI=1S/C20H23N3O6/c1-12-5-3-4-6-15(12)23-18(26)17(25)22(20(23)28)11-16(24)21-14-9-7-13(8-10-14)19(27)29-2/h7-10,12,15H,3-6,11H2,1-2H3,(H,21,24)/t12-,15-/m1/s1. The second kappa shape index (κ2) is 8.42. The van der Waals surface area contributed by atoms with Crippen molar-refractivity contribution >= 4 is 35.4 Å². The van der Waals surface area contributed by atoms with Gasteiger partial charge >= 0.3 is 23.8 Å². The van der Waals surface area contributed by atoms with Crippen molar-refractivity contribution in [3.05, 3.63) is 29.8 Å². The average Bonchev–Trinajstić information content (AvgIpc) is 2.92. The van der Waals surface area contributed by atoms with Gasteiger partial charge in [-0.15, -0.1) is 0 Å². The first kappa shape index (κ1) is 20.5. The van der Waals surface area contributed by atoms with Crippen molar-refractivity contribution in [1.82, 2.24) is 9.80 Å². The summed E-state index contributed by atoms with van der Waals surface area (Å²) in [7, 11) is 1.26. The highest BCUT2D eigenvalue weighted by molar-refractivity contribution is 6.45. The summed E-state index contributed by atoms with van der Waals surface area (Å²) in [5.74, 6) is -2.87. The Hall–Kier alpha value is -3.23. The van der Waals surface area contributed by atoms with E-state index in [2.05, 4.69) is 10.1 Å². The van der Waals surface area contributed by atoms with Gasteiger partial charge in [-0.2, -0.15) is 0 Å². The van der Waals surface area contributed by atoms with Crippen LogP contribution in [0, 0.1) is 5.92 Å². The van der Waals surface area contributed by atoms with E-state index >= 15 is 0 Å². The maximum atomic E-state index is 12.7. The van der Waals surface area contributed by atoms with Gasteiger partial charge in [0.05, 0.1) is 12.7 Å². The highest BCUT2D eigenvalue weighted by atomic mass is 16.5. The monoisotopic (exact) mass is 401 g/mol. The summed E-state index contributed by atoms with van der Waals surface area (Å²) >= 11 is 0. The number of esters is 1. The number of hydrogen-bond acceptors (Lipinski definition) is 6. The van der Waals surface area contributed by atoms with Crippen LogP contribution in [-0.4, -0.2) is 59.2 Å². The summed E-state index contributed by atoms with van der Waals surface area (Å²) < 4.78 is 4.60. The number of carbonyl (C=O) groups excluding carboxylic acids is 5. The summed E-state index contributed by atoms with van der Waals surface area (Å²) in [5.41, 5.74) is 0.698. The summed E-state index contributed by atoms with van der Waals surface area (Å²) in [4.78, 5) is 62.8. The molecule has 0 radical (unpaired) electrons. The molecule has 1 aliphatic heterocycles. The van der Waals surface area contributed by atoms with Gasteiger partial charge in [0, 0.05) is 11.7 Å². The minimum absolute atomic E-state index is 0.117. The number of benzene rings is 1. The lowest BCUT2D eigenvalue weighted by atomic mass is 9.85. The number of ether oxygens (including phenoxy) is 1. The molecule has 29 heavy (non-hydrogen) atoms. The number of urea groups is 1. The van der Waals surface area contributed by atoms with Crippen molar-refractivity contribution in [2.24, 2.45) is 5.92 Å². The maximum Gasteiger partial charge on any atom is 0.337 e. The van der Waals surface area contributed by atoms with E-state index < -0.39 is 36.3 Å². The molecule has 2 atom stereocenters. The van der Waals surface area contributed by atoms with Crippen molar-refractivity contribution in [1.29, 1.82) is 0 Å². The van der Waals surface area contributed by atoms with Gasteiger partial charge < -0.3 is 10.1 Å². The van der Waals surface area contributed by atoms with Crippen molar-refractivity contribution < 1.29 is 28.7 Å². The Bertz CT molecular complexity index is 850. The van der Waals surface area contributed by atoms with Crippen LogP contribution in [0.25, 0.3) is 0 Å². The van der Waals surface area contributed by atoms with E-state index in [1.165, 1.54) is 31.4 Å². The number of methoxy groups -OCH3 is 1. The molecule has 2 aliphatic rings. The van der Waals surface area contributed by atoms with E-state index in [0.29, 0.717) is 22.6 Å². The van der Waals surface area contributed by atoms with Gasteiger partial charge in [-0.3, -0.25) is 19.3 Å². The summed E-state index contributed by atoms with van der Waals surface area (Å²) in [6.07, 6.45) is 3.47. The predicted molar refractivity (Wildman–Crippen MR) is 102 cm³/mol. The zero-order valence-electron chi connectivity index (χ0n) is 16.3. The van der Waals surface area contributed by atoms with Gasteiger partial charge in [0.2, 0.25) is 5.91 Å². The molecule has 3 rings (SSSR count). The van der Waals surface area contributed by atoms with E-state index in [1.807, 2.05) is 6.92 Å². The molecule has 9 heteroatoms. The van der Waals surface area contributed by atoms with Crippen molar-refractivity contribution in [3.8, 4) is 0 Å². The molecular weight excluding hydrogens is 378 g/mol. The molecule has 5 amide bonds. The fourth-order valence-electron chi connectivity index (χ4n) is 3.79. The lowest BCUT2D eigenvalue weighted by Crippen LogP contribution is -2.46. The molecule has 1 heterocycles. The van der Waals surface area contributed by atoms with Crippen LogP contribution in [0.15, 0.2) is 24.3 Å². The Labute approximate surface area is 168 Å². The SMILES string of the molecule is COC(=O)c1ccc(NC(=O)CN2C(=O)C(=O)N([C@@H]3CCCC[C@H]3C)C2=O)cc1. The van der Waals surface area contributed by atoms with Gasteiger partial charge in [0.1, 0.15) is 6.54 Å². The second-order valence-corrected chi connectivity index (χ2v) is 7.30. The average molecular weight is 401 g/mol. The van der Waals surface area contributed by atoms with E-state index in [4.69, 9.17) is 0 Å². The van der Waals surface area contributed by atoms with Crippen LogP contribution in [0.1, 0.15) is 43.0 Å². The molecule has 1 saturated carbocycles. The molecule has 0 unspecified atom stereocenters. The van der Waals surface area contributed by atoms with Crippen molar-refractivity contribution in [3.63, 3.8) is 0 Å². The second-order valence-electron chi connectivity index (χ2n) is 7.30. The van der Waals surface area contributed by atoms with E-state index in [9.17, 15) is 24.0 Å². The largest absolute Gasteiger partial charge is 0.465 e. The minimum Gasteiger partial charge on any atom is -0.465 e. The zero-order chi connectivity index (χ0) is 21.1. The van der Waals surface area contributed by atoms with Gasteiger partial charge in [-0.25, -0.2) is 14.5 Å². The van der Waals surface area contributed by atoms with Crippen LogP contribution in [0.5, 0.6) is 0 Å². The quantitative estimate of drug-likeness (QED) is 0.457.